The van der Waals surface area contributed by atoms with Crippen LogP contribution in [0.2, 0.25) is 0 Å². The number of aromatic hydroxyl groups is 1. The topological polar surface area (TPSA) is 46.2 Å². The number of rotatable bonds is 2. The molecule has 0 aromatic heterocycles. The van der Waals surface area contributed by atoms with E-state index >= 15 is 0 Å². The second kappa shape index (κ2) is 6.68. The highest BCUT2D eigenvalue weighted by Gasteiger charge is 2.35. The van der Waals surface area contributed by atoms with Crippen LogP contribution in [0.4, 0.5) is 13.2 Å². The number of benzene rings is 1. The highest BCUT2D eigenvalue weighted by molar-refractivity contribution is 5.85. The van der Waals surface area contributed by atoms with Crippen molar-refractivity contribution in [2.45, 2.75) is 50.7 Å². The van der Waals surface area contributed by atoms with Crippen molar-refractivity contribution in [3.63, 3.8) is 0 Å². The maximum atomic E-state index is 12.9. The molecule has 0 radical (unpaired) electrons. The number of hydrogen-bond acceptors (Lipinski definition) is 2. The minimum atomic E-state index is -4.54. The summed E-state index contributed by atoms with van der Waals surface area (Å²) in [7, 11) is 0. The summed E-state index contributed by atoms with van der Waals surface area (Å²) < 4.78 is 38.7. The Kier molecular flexibility index (Phi) is 5.71. The average molecular weight is 310 g/mol. The van der Waals surface area contributed by atoms with Gasteiger partial charge in [-0.2, -0.15) is 13.2 Å². The van der Waals surface area contributed by atoms with E-state index in [1.165, 1.54) is 0 Å². The summed E-state index contributed by atoms with van der Waals surface area (Å²) in [5.74, 6) is -0.574. The smallest absolute Gasteiger partial charge is 0.419 e. The van der Waals surface area contributed by atoms with Gasteiger partial charge in [0.2, 0.25) is 0 Å². The first-order chi connectivity index (χ1) is 8.93. The van der Waals surface area contributed by atoms with Crippen LogP contribution in [0.1, 0.15) is 54.7 Å². The minimum Gasteiger partial charge on any atom is -0.507 e. The summed E-state index contributed by atoms with van der Waals surface area (Å²) in [6, 6.07) is 2.71. The zero-order chi connectivity index (χ0) is 14.0. The standard InChI is InChI=1S/C14H18F3NO.ClH/c15-14(16,17)12-7-10(6-11(8-18)13(12)19)9-4-2-1-3-5-9;/h6-7,9,19H,1-5,8,18H2;1H. The van der Waals surface area contributed by atoms with Gasteiger partial charge in [0.25, 0.3) is 0 Å². The maximum Gasteiger partial charge on any atom is 0.419 e. The highest BCUT2D eigenvalue weighted by Crippen LogP contribution is 2.42. The number of nitrogens with two attached hydrogens (primary N) is 1. The Morgan fingerprint density at radius 1 is 1.15 bits per heavy atom. The molecule has 114 valence electrons. The van der Waals surface area contributed by atoms with E-state index in [0.717, 1.165) is 38.2 Å². The van der Waals surface area contributed by atoms with Crippen molar-refractivity contribution in [3.8, 4) is 5.75 Å². The lowest BCUT2D eigenvalue weighted by molar-refractivity contribution is -0.138. The van der Waals surface area contributed by atoms with Crippen LogP contribution in [0.25, 0.3) is 0 Å². The molecule has 1 aliphatic rings. The Labute approximate surface area is 122 Å². The van der Waals surface area contributed by atoms with Gasteiger partial charge in [-0.3, -0.25) is 0 Å². The fourth-order valence-corrected chi connectivity index (χ4v) is 2.76. The minimum absolute atomic E-state index is 0. The van der Waals surface area contributed by atoms with Gasteiger partial charge < -0.3 is 10.8 Å². The molecule has 0 atom stereocenters. The van der Waals surface area contributed by atoms with E-state index in [-0.39, 0.29) is 30.4 Å². The lowest BCUT2D eigenvalue weighted by Crippen LogP contribution is -2.12. The van der Waals surface area contributed by atoms with Gasteiger partial charge in [0.15, 0.2) is 0 Å². The van der Waals surface area contributed by atoms with E-state index in [1.807, 2.05) is 0 Å². The molecule has 0 aliphatic heterocycles. The Bertz CT molecular complexity index is 456. The molecule has 0 saturated heterocycles. The summed E-state index contributed by atoms with van der Waals surface area (Å²) in [5.41, 5.74) is 5.31. The van der Waals surface area contributed by atoms with Crippen LogP contribution in [0.3, 0.4) is 0 Å². The summed E-state index contributed by atoms with van der Waals surface area (Å²) in [5, 5.41) is 9.65. The fourth-order valence-electron chi connectivity index (χ4n) is 2.76. The molecule has 1 fully saturated rings. The van der Waals surface area contributed by atoms with E-state index in [1.54, 1.807) is 6.07 Å². The van der Waals surface area contributed by atoms with Crippen molar-refractivity contribution in [1.29, 1.82) is 0 Å². The first-order valence-corrected chi connectivity index (χ1v) is 6.56. The molecule has 1 aliphatic carbocycles. The number of alkyl halides is 3. The third kappa shape index (κ3) is 3.58. The van der Waals surface area contributed by atoms with Crippen molar-refractivity contribution >= 4 is 12.4 Å². The Balaban J connectivity index is 0.00000200. The number of halogens is 4. The second-order valence-electron chi connectivity index (χ2n) is 5.11. The molecule has 1 aromatic rings. The third-order valence-electron chi connectivity index (χ3n) is 3.81. The van der Waals surface area contributed by atoms with Gasteiger partial charge in [-0.1, -0.05) is 25.3 Å². The summed E-state index contributed by atoms with van der Waals surface area (Å²) in [6.45, 7) is -0.0878. The van der Waals surface area contributed by atoms with E-state index < -0.39 is 17.5 Å². The van der Waals surface area contributed by atoms with Crippen molar-refractivity contribution in [3.05, 3.63) is 28.8 Å². The SMILES string of the molecule is Cl.NCc1cc(C2CCCCC2)cc(C(F)(F)F)c1O. The molecule has 0 heterocycles. The largest absolute Gasteiger partial charge is 0.507 e. The van der Waals surface area contributed by atoms with Crippen molar-refractivity contribution < 1.29 is 18.3 Å². The molecule has 1 aromatic carbocycles. The van der Waals surface area contributed by atoms with Gasteiger partial charge in [0.1, 0.15) is 5.75 Å². The van der Waals surface area contributed by atoms with Crippen molar-refractivity contribution in [2.75, 3.05) is 0 Å². The van der Waals surface area contributed by atoms with E-state index in [9.17, 15) is 18.3 Å². The summed E-state index contributed by atoms with van der Waals surface area (Å²) in [4.78, 5) is 0. The van der Waals surface area contributed by atoms with Gasteiger partial charge in [-0.15, -0.1) is 12.4 Å². The highest BCUT2D eigenvalue weighted by atomic mass is 35.5. The lowest BCUT2D eigenvalue weighted by Gasteiger charge is -2.24. The Hall–Kier alpha value is -0.940. The number of phenols is 1. The zero-order valence-electron chi connectivity index (χ0n) is 11.0. The summed E-state index contributed by atoms with van der Waals surface area (Å²) >= 11 is 0. The van der Waals surface area contributed by atoms with Crippen LogP contribution in [-0.2, 0) is 12.7 Å². The van der Waals surface area contributed by atoms with Crippen LogP contribution in [-0.4, -0.2) is 5.11 Å². The van der Waals surface area contributed by atoms with E-state index in [0.29, 0.717) is 5.56 Å². The molecule has 0 amide bonds. The Morgan fingerprint density at radius 3 is 2.25 bits per heavy atom. The van der Waals surface area contributed by atoms with E-state index in [4.69, 9.17) is 5.73 Å². The van der Waals surface area contributed by atoms with Gasteiger partial charge in [-0.05, 0) is 30.4 Å². The predicted molar refractivity (Wildman–Crippen MR) is 74.1 cm³/mol. The van der Waals surface area contributed by atoms with Crippen LogP contribution < -0.4 is 5.73 Å². The van der Waals surface area contributed by atoms with Crippen LogP contribution in [0.15, 0.2) is 12.1 Å². The van der Waals surface area contributed by atoms with Gasteiger partial charge >= 0.3 is 6.18 Å². The molecule has 0 spiro atoms. The van der Waals surface area contributed by atoms with Gasteiger partial charge in [0.05, 0.1) is 5.56 Å². The fraction of sp³-hybridized carbons (Fsp3) is 0.571. The third-order valence-corrected chi connectivity index (χ3v) is 3.81. The lowest BCUT2D eigenvalue weighted by atomic mass is 9.82. The molecule has 2 nitrogen and oxygen atoms in total. The molecular weight excluding hydrogens is 291 g/mol. The molecule has 0 bridgehead atoms. The van der Waals surface area contributed by atoms with Gasteiger partial charge in [-0.25, -0.2) is 0 Å². The average Bonchev–Trinajstić information content (AvgIpc) is 2.38. The monoisotopic (exact) mass is 309 g/mol. The predicted octanol–water partition coefficient (Wildman–Crippen LogP) is 4.34. The molecule has 3 N–H and O–H groups in total. The number of hydrogen-bond donors (Lipinski definition) is 2. The first-order valence-electron chi connectivity index (χ1n) is 6.56. The van der Waals surface area contributed by atoms with Crippen LogP contribution in [0, 0.1) is 0 Å². The van der Waals surface area contributed by atoms with E-state index in [2.05, 4.69) is 0 Å². The molecule has 2 rings (SSSR count). The molecule has 1 saturated carbocycles. The first kappa shape index (κ1) is 17.1. The molecular formula is C14H19ClF3NO. The van der Waals surface area contributed by atoms with Gasteiger partial charge in [0, 0.05) is 12.1 Å². The van der Waals surface area contributed by atoms with Crippen LogP contribution in [0.5, 0.6) is 5.75 Å². The summed E-state index contributed by atoms with van der Waals surface area (Å²) in [6.07, 6.45) is 0.511. The molecule has 20 heavy (non-hydrogen) atoms. The Morgan fingerprint density at radius 2 is 1.75 bits per heavy atom. The second-order valence-corrected chi connectivity index (χ2v) is 5.11. The van der Waals surface area contributed by atoms with Crippen molar-refractivity contribution in [2.24, 2.45) is 5.73 Å². The normalized spacial score (nSPS) is 16.8. The molecule has 6 heteroatoms. The number of phenolic OH excluding ortho intramolecular Hbond substituents is 1. The quantitative estimate of drug-likeness (QED) is 0.853. The maximum absolute atomic E-state index is 12.9. The van der Waals surface area contributed by atoms with Crippen LogP contribution >= 0.6 is 12.4 Å². The van der Waals surface area contributed by atoms with Crippen molar-refractivity contribution in [1.82, 2.24) is 0 Å². The molecule has 0 unspecified atom stereocenters. The zero-order valence-corrected chi connectivity index (χ0v) is 11.9.